The van der Waals surface area contributed by atoms with Crippen LogP contribution in [0.5, 0.6) is 0 Å². The number of rotatable bonds is 6. The lowest BCUT2D eigenvalue weighted by atomic mass is 9.89. The van der Waals surface area contributed by atoms with Gasteiger partial charge in [-0.3, -0.25) is 0 Å². The van der Waals surface area contributed by atoms with Gasteiger partial charge in [0.1, 0.15) is 16.4 Å². The Balaban J connectivity index is 2.94. The number of nitrogens with one attached hydrogen (secondary N) is 2. The largest absolute Gasteiger partial charge is 0.464 e. The highest BCUT2D eigenvalue weighted by Crippen LogP contribution is 2.24. The fourth-order valence-electron chi connectivity index (χ4n) is 1.66. The minimum atomic E-state index is -3.56. The first-order valence-corrected chi connectivity index (χ1v) is 8.77. The summed E-state index contributed by atoms with van der Waals surface area (Å²) in [4.78, 5) is 0.221. The number of sulfonamides is 1. The lowest BCUT2D eigenvalue weighted by Gasteiger charge is -2.27. The van der Waals surface area contributed by atoms with Crippen LogP contribution < -0.4 is 10.0 Å². The van der Waals surface area contributed by atoms with Crippen LogP contribution in [0.4, 0.5) is 0 Å². The average molecular weight is 316 g/mol. The van der Waals surface area contributed by atoms with Gasteiger partial charge in [0.15, 0.2) is 0 Å². The second-order valence-electron chi connectivity index (χ2n) is 6.88. The summed E-state index contributed by atoms with van der Waals surface area (Å²) in [6.45, 7) is 14.1. The van der Waals surface area contributed by atoms with E-state index in [-0.39, 0.29) is 16.4 Å². The highest BCUT2D eigenvalue weighted by Gasteiger charge is 2.28. The Morgan fingerprint density at radius 1 is 1.24 bits per heavy atom. The first kappa shape index (κ1) is 18.2. The molecule has 0 radical (unpaired) electrons. The zero-order valence-electron chi connectivity index (χ0n) is 14.1. The Morgan fingerprint density at radius 2 is 1.81 bits per heavy atom. The van der Waals surface area contributed by atoms with Crippen molar-refractivity contribution in [2.45, 2.75) is 72.0 Å². The minimum absolute atomic E-state index is 0.146. The minimum Gasteiger partial charge on any atom is -0.464 e. The third-order valence-electron chi connectivity index (χ3n) is 3.53. The second kappa shape index (κ2) is 6.50. The second-order valence-corrected chi connectivity index (χ2v) is 8.56. The molecule has 0 spiro atoms. The molecule has 21 heavy (non-hydrogen) atoms. The van der Waals surface area contributed by atoms with E-state index in [9.17, 15) is 8.42 Å². The van der Waals surface area contributed by atoms with Gasteiger partial charge in [0.25, 0.3) is 0 Å². The van der Waals surface area contributed by atoms with Crippen molar-refractivity contribution in [2.75, 3.05) is 0 Å². The average Bonchev–Trinajstić information content (AvgIpc) is 2.67. The number of furan rings is 1. The van der Waals surface area contributed by atoms with Gasteiger partial charge in [-0.25, -0.2) is 13.1 Å². The van der Waals surface area contributed by atoms with E-state index in [4.69, 9.17) is 4.42 Å². The van der Waals surface area contributed by atoms with Crippen molar-refractivity contribution in [3.05, 3.63) is 17.6 Å². The van der Waals surface area contributed by atoms with Crippen LogP contribution in [0.1, 0.15) is 53.1 Å². The topological polar surface area (TPSA) is 71.3 Å². The van der Waals surface area contributed by atoms with Gasteiger partial charge in [-0.2, -0.15) is 0 Å². The summed E-state index contributed by atoms with van der Waals surface area (Å²) in [6, 6.07) is 1.74. The van der Waals surface area contributed by atoms with Gasteiger partial charge >= 0.3 is 0 Å². The van der Waals surface area contributed by atoms with Gasteiger partial charge in [-0.1, -0.05) is 34.6 Å². The molecule has 5 nitrogen and oxygen atoms in total. The van der Waals surface area contributed by atoms with Crippen molar-refractivity contribution in [1.82, 2.24) is 10.0 Å². The van der Waals surface area contributed by atoms with Gasteiger partial charge in [0, 0.05) is 18.2 Å². The molecule has 1 aromatic heterocycles. The first-order chi connectivity index (χ1) is 9.43. The third kappa shape index (κ3) is 5.13. The Bertz CT molecular complexity index is 568. The molecule has 1 atom stereocenters. The molecule has 0 saturated carbocycles. The van der Waals surface area contributed by atoms with E-state index >= 15 is 0 Å². The SMILES string of the molecule is Cc1oc(CNC(C)C)cc1S(=O)(=O)NC(C)C(C)(C)C. The van der Waals surface area contributed by atoms with Crippen LogP contribution in [-0.2, 0) is 16.6 Å². The zero-order chi connectivity index (χ0) is 16.4. The summed E-state index contributed by atoms with van der Waals surface area (Å²) in [5.74, 6) is 1.05. The van der Waals surface area contributed by atoms with Gasteiger partial charge in [-0.15, -0.1) is 0 Å². The van der Waals surface area contributed by atoms with Crippen molar-refractivity contribution in [3.63, 3.8) is 0 Å². The van der Waals surface area contributed by atoms with Crippen LogP contribution in [0.3, 0.4) is 0 Å². The predicted octanol–water partition coefficient (Wildman–Crippen LogP) is 2.80. The van der Waals surface area contributed by atoms with E-state index in [2.05, 4.69) is 10.0 Å². The standard InChI is InChI=1S/C15H28N2O3S/c1-10(2)16-9-13-8-14(11(3)20-13)21(18,19)17-12(4)15(5,6)7/h8,10,12,16-17H,9H2,1-7H3. The molecule has 0 amide bonds. The van der Waals surface area contributed by atoms with Crippen molar-refractivity contribution in [2.24, 2.45) is 5.41 Å². The molecular formula is C15H28N2O3S. The van der Waals surface area contributed by atoms with Gasteiger partial charge in [0.2, 0.25) is 10.0 Å². The summed E-state index contributed by atoms with van der Waals surface area (Å²) < 4.78 is 33.2. The van der Waals surface area contributed by atoms with Crippen LogP contribution >= 0.6 is 0 Å². The van der Waals surface area contributed by atoms with E-state index in [0.29, 0.717) is 24.1 Å². The molecule has 0 bridgehead atoms. The smallest absolute Gasteiger partial charge is 0.244 e. The Hall–Kier alpha value is -0.850. The van der Waals surface area contributed by atoms with E-state index in [0.717, 1.165) is 0 Å². The molecule has 0 aliphatic rings. The predicted molar refractivity (Wildman–Crippen MR) is 84.7 cm³/mol. The van der Waals surface area contributed by atoms with Gasteiger partial charge in [0.05, 0.1) is 6.54 Å². The fraction of sp³-hybridized carbons (Fsp3) is 0.733. The quantitative estimate of drug-likeness (QED) is 0.846. The van der Waals surface area contributed by atoms with E-state index in [1.807, 2.05) is 41.5 Å². The maximum Gasteiger partial charge on any atom is 0.244 e. The first-order valence-electron chi connectivity index (χ1n) is 7.28. The van der Waals surface area contributed by atoms with Gasteiger partial charge < -0.3 is 9.73 Å². The highest BCUT2D eigenvalue weighted by molar-refractivity contribution is 7.89. The van der Waals surface area contributed by atoms with E-state index in [1.165, 1.54) is 0 Å². The van der Waals surface area contributed by atoms with E-state index < -0.39 is 10.0 Å². The summed E-state index contributed by atoms with van der Waals surface area (Å²) in [6.07, 6.45) is 0. The molecule has 1 heterocycles. The number of aryl methyl sites for hydroxylation is 1. The third-order valence-corrected chi connectivity index (χ3v) is 5.18. The van der Waals surface area contributed by atoms with Crippen molar-refractivity contribution >= 4 is 10.0 Å². The number of hydrogen-bond donors (Lipinski definition) is 2. The fourth-order valence-corrected chi connectivity index (χ4v) is 3.31. The molecular weight excluding hydrogens is 288 g/mol. The normalized spacial score (nSPS) is 14.7. The van der Waals surface area contributed by atoms with Crippen LogP contribution in [0.15, 0.2) is 15.4 Å². The maximum atomic E-state index is 12.5. The molecule has 1 unspecified atom stereocenters. The van der Waals surface area contributed by atoms with Crippen LogP contribution in [0.2, 0.25) is 0 Å². The zero-order valence-corrected chi connectivity index (χ0v) is 14.9. The Kier molecular flexibility index (Phi) is 5.63. The van der Waals surface area contributed by atoms with Crippen LogP contribution in [0, 0.1) is 12.3 Å². The highest BCUT2D eigenvalue weighted by atomic mass is 32.2. The number of hydrogen-bond acceptors (Lipinski definition) is 4. The molecule has 122 valence electrons. The molecule has 2 N–H and O–H groups in total. The van der Waals surface area contributed by atoms with Crippen LogP contribution in [-0.4, -0.2) is 20.5 Å². The van der Waals surface area contributed by atoms with Crippen molar-refractivity contribution in [3.8, 4) is 0 Å². The van der Waals surface area contributed by atoms with Gasteiger partial charge in [-0.05, 0) is 19.3 Å². The molecule has 6 heteroatoms. The summed E-state index contributed by atoms with van der Waals surface area (Å²) in [5, 5.41) is 3.21. The maximum absolute atomic E-state index is 12.5. The molecule has 1 rings (SSSR count). The Morgan fingerprint density at radius 3 is 2.29 bits per heavy atom. The summed E-state index contributed by atoms with van der Waals surface area (Å²) >= 11 is 0. The Labute approximate surface area is 128 Å². The molecule has 0 saturated heterocycles. The van der Waals surface area contributed by atoms with Crippen molar-refractivity contribution in [1.29, 1.82) is 0 Å². The molecule has 1 aromatic rings. The molecule has 0 fully saturated rings. The molecule has 0 aliphatic carbocycles. The lowest BCUT2D eigenvalue weighted by Crippen LogP contribution is -2.41. The monoisotopic (exact) mass is 316 g/mol. The molecule has 0 aromatic carbocycles. The van der Waals surface area contributed by atoms with Crippen LogP contribution in [0.25, 0.3) is 0 Å². The van der Waals surface area contributed by atoms with Crippen molar-refractivity contribution < 1.29 is 12.8 Å². The van der Waals surface area contributed by atoms with E-state index in [1.54, 1.807) is 13.0 Å². The summed E-state index contributed by atoms with van der Waals surface area (Å²) in [7, 11) is -3.56. The molecule has 0 aliphatic heterocycles. The lowest BCUT2D eigenvalue weighted by molar-refractivity contribution is 0.317. The summed E-state index contributed by atoms with van der Waals surface area (Å²) in [5.41, 5.74) is -0.146.